The van der Waals surface area contributed by atoms with Crippen LogP contribution in [0.2, 0.25) is 0 Å². The number of hydrogen-bond acceptors (Lipinski definition) is 2. The van der Waals surface area contributed by atoms with Crippen LogP contribution in [0, 0.1) is 18.4 Å². The molecule has 0 aromatic heterocycles. The summed E-state index contributed by atoms with van der Waals surface area (Å²) in [5.74, 6) is 0.251. The van der Waals surface area contributed by atoms with Gasteiger partial charge in [0.1, 0.15) is 0 Å². The largest absolute Gasteiger partial charge is 0.238 e. The molecule has 0 N–H and O–H groups in total. The van der Waals surface area contributed by atoms with Crippen molar-refractivity contribution in [1.82, 2.24) is 4.31 Å². The minimum atomic E-state index is -3.21. The lowest BCUT2D eigenvalue weighted by atomic mass is 10.2. The molecule has 64 valence electrons. The lowest BCUT2D eigenvalue weighted by Crippen LogP contribution is -2.28. The Morgan fingerprint density at radius 1 is 1.55 bits per heavy atom. The Morgan fingerprint density at radius 3 is 2.09 bits per heavy atom. The van der Waals surface area contributed by atoms with Crippen molar-refractivity contribution < 1.29 is 8.42 Å². The molecular formula is C7H13NO2S. The van der Waals surface area contributed by atoms with Gasteiger partial charge in [-0.05, 0) is 5.92 Å². The van der Waals surface area contributed by atoms with E-state index in [1.54, 1.807) is 0 Å². The number of nitrogens with zero attached hydrogens (tertiary/aromatic N) is 1. The maximum Gasteiger partial charge on any atom is 0.238 e. The van der Waals surface area contributed by atoms with E-state index in [9.17, 15) is 8.42 Å². The Balaban J connectivity index is 4.36. The summed E-state index contributed by atoms with van der Waals surface area (Å²) in [5.41, 5.74) is 0. The molecule has 0 rings (SSSR count). The lowest BCUT2D eigenvalue weighted by molar-refractivity contribution is 0.461. The molecule has 11 heavy (non-hydrogen) atoms. The zero-order valence-corrected chi connectivity index (χ0v) is 7.85. The molecule has 0 aliphatic rings. The van der Waals surface area contributed by atoms with Crippen LogP contribution in [0.25, 0.3) is 0 Å². The summed E-state index contributed by atoms with van der Waals surface area (Å²) in [4.78, 5) is 0. The Hall–Kier alpha value is -0.690. The van der Waals surface area contributed by atoms with E-state index in [1.165, 1.54) is 0 Å². The molecule has 0 fully saturated rings. The molecule has 0 aromatic rings. The van der Waals surface area contributed by atoms with Crippen molar-refractivity contribution in [2.24, 2.45) is 5.92 Å². The highest BCUT2D eigenvalue weighted by Gasteiger charge is 2.12. The third kappa shape index (κ3) is 3.89. The third-order valence-electron chi connectivity index (χ3n) is 1.08. The number of rotatable bonds is 3. The van der Waals surface area contributed by atoms with Gasteiger partial charge in [-0.15, -0.1) is 0 Å². The van der Waals surface area contributed by atoms with Crippen molar-refractivity contribution in [1.29, 1.82) is 0 Å². The van der Waals surface area contributed by atoms with Crippen molar-refractivity contribution in [2.75, 3.05) is 12.8 Å². The summed E-state index contributed by atoms with van der Waals surface area (Å²) in [6.07, 6.45) is 6.11. The van der Waals surface area contributed by atoms with Gasteiger partial charge in [0.15, 0.2) is 0 Å². The summed E-state index contributed by atoms with van der Waals surface area (Å²) < 4.78 is 22.8. The van der Waals surface area contributed by atoms with Crippen LogP contribution in [0.1, 0.15) is 13.8 Å². The molecule has 0 atom stereocenters. The Morgan fingerprint density at radius 2 is 2.00 bits per heavy atom. The van der Waals surface area contributed by atoms with Crippen LogP contribution in [0.15, 0.2) is 0 Å². The molecule has 0 radical (unpaired) electrons. The second-order valence-corrected chi connectivity index (χ2v) is 4.72. The molecule has 0 saturated carbocycles. The van der Waals surface area contributed by atoms with Crippen molar-refractivity contribution in [3.63, 3.8) is 0 Å². The van der Waals surface area contributed by atoms with E-state index in [2.05, 4.69) is 6.04 Å². The second-order valence-electron chi connectivity index (χ2n) is 2.82. The molecule has 0 spiro atoms. The molecular weight excluding hydrogens is 162 g/mol. The number of sulfonamides is 1. The first-order valence-corrected chi connectivity index (χ1v) is 5.16. The fourth-order valence-electron chi connectivity index (χ4n) is 0.615. The quantitative estimate of drug-likeness (QED) is 0.462. The third-order valence-corrected chi connectivity index (χ3v) is 2.13. The summed E-state index contributed by atoms with van der Waals surface area (Å²) in [7, 11) is -3.21. The molecule has 0 aromatic carbocycles. The first-order valence-electron chi connectivity index (χ1n) is 3.32. The zero-order valence-electron chi connectivity index (χ0n) is 7.03. The summed E-state index contributed by atoms with van der Waals surface area (Å²) in [6.45, 7) is 4.21. The molecule has 0 aliphatic heterocycles. The summed E-state index contributed by atoms with van der Waals surface area (Å²) in [6, 6.07) is 2.12. The van der Waals surface area contributed by atoms with Gasteiger partial charge < -0.3 is 0 Å². The zero-order chi connectivity index (χ0) is 9.07. The average molecular weight is 175 g/mol. The van der Waals surface area contributed by atoms with Gasteiger partial charge in [-0.25, -0.2) is 12.7 Å². The lowest BCUT2D eigenvalue weighted by Gasteiger charge is -2.16. The van der Waals surface area contributed by atoms with E-state index in [0.717, 1.165) is 10.6 Å². The van der Waals surface area contributed by atoms with E-state index >= 15 is 0 Å². The van der Waals surface area contributed by atoms with E-state index < -0.39 is 10.0 Å². The molecule has 0 amide bonds. The molecule has 3 nitrogen and oxygen atoms in total. The highest BCUT2D eigenvalue weighted by atomic mass is 32.2. The maximum atomic E-state index is 10.9. The summed E-state index contributed by atoms with van der Waals surface area (Å²) >= 11 is 0. The molecule has 0 heterocycles. The first kappa shape index (κ1) is 10.3. The SMILES string of the molecule is C#CN(CC(C)C)S(C)(=O)=O. The van der Waals surface area contributed by atoms with Gasteiger partial charge in [0, 0.05) is 12.6 Å². The van der Waals surface area contributed by atoms with Crippen LogP contribution < -0.4 is 0 Å². The van der Waals surface area contributed by atoms with Gasteiger partial charge in [0.25, 0.3) is 0 Å². The summed E-state index contributed by atoms with van der Waals surface area (Å²) in [5, 5.41) is 0. The van der Waals surface area contributed by atoms with Gasteiger partial charge in [-0.1, -0.05) is 20.3 Å². The van der Waals surface area contributed by atoms with Crippen molar-refractivity contribution in [2.45, 2.75) is 13.8 Å². The van der Waals surface area contributed by atoms with Gasteiger partial charge in [0.2, 0.25) is 10.0 Å². The molecule has 4 heteroatoms. The fraction of sp³-hybridized carbons (Fsp3) is 0.714. The Labute approximate surface area is 68.4 Å². The smallest absolute Gasteiger partial charge is 0.229 e. The standard InChI is InChI=1S/C7H13NO2S/c1-5-8(6-7(2)3)11(4,9)10/h1,7H,6H2,2-4H3. The molecule has 0 unspecified atom stereocenters. The van der Waals surface area contributed by atoms with E-state index in [1.807, 2.05) is 13.8 Å². The Bertz CT molecular complexity index is 248. The number of terminal acetylenes is 1. The Kier molecular flexibility index (Phi) is 3.40. The fourth-order valence-corrected chi connectivity index (χ4v) is 1.38. The van der Waals surface area contributed by atoms with Gasteiger partial charge in [-0.2, -0.15) is 0 Å². The topological polar surface area (TPSA) is 37.4 Å². The molecule has 0 aliphatic carbocycles. The van der Waals surface area contributed by atoms with Crippen LogP contribution in [0.4, 0.5) is 0 Å². The first-order chi connectivity index (χ1) is 4.88. The normalized spacial score (nSPS) is 11.2. The van der Waals surface area contributed by atoms with Gasteiger partial charge >= 0.3 is 0 Å². The van der Waals surface area contributed by atoms with Crippen molar-refractivity contribution in [3.05, 3.63) is 0 Å². The van der Waals surface area contributed by atoms with Crippen LogP contribution in [0.5, 0.6) is 0 Å². The number of hydrogen-bond donors (Lipinski definition) is 0. The van der Waals surface area contributed by atoms with Crippen LogP contribution in [-0.4, -0.2) is 25.5 Å². The highest BCUT2D eigenvalue weighted by molar-refractivity contribution is 7.88. The predicted octanol–water partition coefficient (Wildman–Crippen LogP) is 0.495. The highest BCUT2D eigenvalue weighted by Crippen LogP contribution is 2.01. The van der Waals surface area contributed by atoms with Crippen LogP contribution in [-0.2, 0) is 10.0 Å². The predicted molar refractivity (Wildman–Crippen MR) is 45.2 cm³/mol. The minimum absolute atomic E-state index is 0.251. The molecule has 0 bridgehead atoms. The minimum Gasteiger partial charge on any atom is -0.229 e. The van der Waals surface area contributed by atoms with Crippen molar-refractivity contribution >= 4 is 10.0 Å². The van der Waals surface area contributed by atoms with Gasteiger partial charge in [-0.3, -0.25) is 0 Å². The second kappa shape index (κ2) is 3.63. The van der Waals surface area contributed by atoms with E-state index in [4.69, 9.17) is 6.42 Å². The van der Waals surface area contributed by atoms with Gasteiger partial charge in [0.05, 0.1) is 6.26 Å². The van der Waals surface area contributed by atoms with Crippen molar-refractivity contribution in [3.8, 4) is 12.5 Å². The van der Waals surface area contributed by atoms with E-state index in [-0.39, 0.29) is 5.92 Å². The average Bonchev–Trinajstić information content (AvgIpc) is 1.79. The van der Waals surface area contributed by atoms with Crippen LogP contribution in [0.3, 0.4) is 0 Å². The maximum absolute atomic E-state index is 10.9. The molecule has 0 saturated heterocycles. The van der Waals surface area contributed by atoms with Crippen LogP contribution >= 0.6 is 0 Å². The monoisotopic (exact) mass is 175 g/mol. The van der Waals surface area contributed by atoms with E-state index in [0.29, 0.717) is 6.54 Å².